The summed E-state index contributed by atoms with van der Waals surface area (Å²) in [6, 6.07) is 25.4. The van der Waals surface area contributed by atoms with Crippen molar-refractivity contribution >= 4 is 17.5 Å². The molecule has 4 aromatic rings. The van der Waals surface area contributed by atoms with Crippen molar-refractivity contribution in [2.24, 2.45) is 0 Å². The van der Waals surface area contributed by atoms with Crippen LogP contribution in [0.4, 0.5) is 11.6 Å². The van der Waals surface area contributed by atoms with Gasteiger partial charge < -0.3 is 10.1 Å². The molecule has 1 aromatic heterocycles. The van der Waals surface area contributed by atoms with E-state index in [4.69, 9.17) is 4.74 Å². The molecule has 3 aromatic carbocycles. The normalized spacial score (nSPS) is 10.5. The monoisotopic (exact) mass is 438 g/mol. The maximum atomic E-state index is 12.7. The van der Waals surface area contributed by atoms with E-state index in [0.717, 1.165) is 33.8 Å². The van der Waals surface area contributed by atoms with Crippen LogP contribution >= 0.6 is 0 Å². The van der Waals surface area contributed by atoms with Crippen LogP contribution in [0.2, 0.25) is 0 Å². The van der Waals surface area contributed by atoms with Crippen molar-refractivity contribution in [3.8, 4) is 28.3 Å². The molecule has 1 heterocycles. The minimum atomic E-state index is -0.221. The SMILES string of the molecule is COc1ccc(-c2cc(-c3ccccc3)nc(NC(=O)CNc3ccc(C)cc3C)n2)cc1. The van der Waals surface area contributed by atoms with Crippen LogP contribution in [0.1, 0.15) is 11.1 Å². The second-order valence-electron chi connectivity index (χ2n) is 7.78. The van der Waals surface area contributed by atoms with E-state index in [1.165, 1.54) is 5.56 Å². The van der Waals surface area contributed by atoms with Gasteiger partial charge in [-0.15, -0.1) is 0 Å². The van der Waals surface area contributed by atoms with Crippen LogP contribution in [0.5, 0.6) is 5.75 Å². The van der Waals surface area contributed by atoms with Crippen LogP contribution in [0.25, 0.3) is 22.5 Å². The molecule has 0 spiro atoms. The summed E-state index contributed by atoms with van der Waals surface area (Å²) >= 11 is 0. The Balaban J connectivity index is 1.58. The van der Waals surface area contributed by atoms with Crippen LogP contribution in [0.15, 0.2) is 78.9 Å². The van der Waals surface area contributed by atoms with Crippen molar-refractivity contribution in [1.82, 2.24) is 9.97 Å². The van der Waals surface area contributed by atoms with Gasteiger partial charge in [0.15, 0.2) is 0 Å². The van der Waals surface area contributed by atoms with E-state index in [1.54, 1.807) is 7.11 Å². The van der Waals surface area contributed by atoms with Crippen molar-refractivity contribution in [3.63, 3.8) is 0 Å². The number of aryl methyl sites for hydroxylation is 2. The van der Waals surface area contributed by atoms with Crippen LogP contribution in [0.3, 0.4) is 0 Å². The standard InChI is InChI=1S/C27H26N4O2/c1-18-9-14-23(19(2)15-18)28-17-26(32)31-27-29-24(20-7-5-4-6-8-20)16-25(30-27)21-10-12-22(33-3)13-11-21/h4-16,28H,17H2,1-3H3,(H,29,30,31,32). The molecular formula is C27H26N4O2. The second kappa shape index (κ2) is 9.96. The molecule has 0 unspecified atom stereocenters. The van der Waals surface area contributed by atoms with E-state index in [2.05, 4.69) is 26.7 Å². The van der Waals surface area contributed by atoms with E-state index in [-0.39, 0.29) is 18.4 Å². The first-order valence-corrected chi connectivity index (χ1v) is 10.7. The molecule has 0 atom stereocenters. The Morgan fingerprint density at radius 2 is 1.52 bits per heavy atom. The molecule has 0 fully saturated rings. The van der Waals surface area contributed by atoms with Gasteiger partial charge in [0, 0.05) is 16.8 Å². The summed E-state index contributed by atoms with van der Waals surface area (Å²) < 4.78 is 5.26. The quantitative estimate of drug-likeness (QED) is 0.399. The Morgan fingerprint density at radius 1 is 0.848 bits per heavy atom. The molecule has 0 aliphatic heterocycles. The molecule has 6 nitrogen and oxygen atoms in total. The van der Waals surface area contributed by atoms with E-state index in [1.807, 2.05) is 86.6 Å². The van der Waals surface area contributed by atoms with Gasteiger partial charge in [-0.1, -0.05) is 48.0 Å². The largest absolute Gasteiger partial charge is 0.497 e. The molecule has 6 heteroatoms. The maximum absolute atomic E-state index is 12.7. The highest BCUT2D eigenvalue weighted by Crippen LogP contribution is 2.26. The highest BCUT2D eigenvalue weighted by Gasteiger charge is 2.12. The van der Waals surface area contributed by atoms with E-state index >= 15 is 0 Å². The molecule has 4 rings (SSSR count). The van der Waals surface area contributed by atoms with Gasteiger partial charge in [-0.2, -0.15) is 0 Å². The summed E-state index contributed by atoms with van der Waals surface area (Å²) in [5, 5.41) is 6.02. The van der Waals surface area contributed by atoms with Crippen LogP contribution in [-0.2, 0) is 4.79 Å². The fraction of sp³-hybridized carbons (Fsp3) is 0.148. The third-order valence-corrected chi connectivity index (χ3v) is 5.25. The number of nitrogens with one attached hydrogen (secondary N) is 2. The zero-order chi connectivity index (χ0) is 23.2. The Labute approximate surface area is 193 Å². The molecule has 0 radical (unpaired) electrons. The van der Waals surface area contributed by atoms with Gasteiger partial charge >= 0.3 is 0 Å². The van der Waals surface area contributed by atoms with Crippen LogP contribution < -0.4 is 15.4 Å². The average molecular weight is 439 g/mol. The molecule has 0 saturated carbocycles. The number of rotatable bonds is 7. The first-order valence-electron chi connectivity index (χ1n) is 10.7. The Hall–Kier alpha value is -4.19. The minimum Gasteiger partial charge on any atom is -0.497 e. The topological polar surface area (TPSA) is 76.1 Å². The van der Waals surface area contributed by atoms with Crippen molar-refractivity contribution in [3.05, 3.63) is 90.0 Å². The lowest BCUT2D eigenvalue weighted by Gasteiger charge is -2.12. The van der Waals surface area contributed by atoms with Gasteiger partial charge in [0.1, 0.15) is 5.75 Å². The first-order chi connectivity index (χ1) is 16.0. The summed E-state index contributed by atoms with van der Waals surface area (Å²) in [5.74, 6) is 0.803. The minimum absolute atomic E-state index is 0.112. The van der Waals surface area contributed by atoms with Gasteiger partial charge in [-0.3, -0.25) is 10.1 Å². The van der Waals surface area contributed by atoms with Crippen LogP contribution in [-0.4, -0.2) is 29.5 Å². The number of carbonyl (C=O) groups excluding carboxylic acids is 1. The number of carbonyl (C=O) groups is 1. The number of amides is 1. The molecular weight excluding hydrogens is 412 g/mol. The molecule has 0 aliphatic rings. The molecule has 1 amide bonds. The molecule has 0 aliphatic carbocycles. The number of nitrogens with zero attached hydrogens (tertiary/aromatic N) is 2. The highest BCUT2D eigenvalue weighted by atomic mass is 16.5. The molecule has 2 N–H and O–H groups in total. The van der Waals surface area contributed by atoms with E-state index < -0.39 is 0 Å². The second-order valence-corrected chi connectivity index (χ2v) is 7.78. The van der Waals surface area contributed by atoms with Crippen molar-refractivity contribution < 1.29 is 9.53 Å². The molecule has 166 valence electrons. The van der Waals surface area contributed by atoms with Gasteiger partial charge in [0.25, 0.3) is 0 Å². The van der Waals surface area contributed by atoms with Gasteiger partial charge in [-0.25, -0.2) is 9.97 Å². The Bertz CT molecular complexity index is 1260. The highest BCUT2D eigenvalue weighted by molar-refractivity contribution is 5.92. The van der Waals surface area contributed by atoms with E-state index in [0.29, 0.717) is 5.69 Å². The fourth-order valence-electron chi connectivity index (χ4n) is 3.53. The van der Waals surface area contributed by atoms with Crippen molar-refractivity contribution in [2.45, 2.75) is 13.8 Å². The van der Waals surface area contributed by atoms with Crippen LogP contribution in [0, 0.1) is 13.8 Å². The number of hydrogen-bond acceptors (Lipinski definition) is 5. The number of ether oxygens (including phenoxy) is 1. The van der Waals surface area contributed by atoms with Gasteiger partial charge in [-0.05, 0) is 55.8 Å². The summed E-state index contributed by atoms with van der Waals surface area (Å²) in [4.78, 5) is 21.9. The maximum Gasteiger partial charge on any atom is 0.246 e. The van der Waals surface area contributed by atoms with Gasteiger partial charge in [0.05, 0.1) is 25.0 Å². The number of anilines is 2. The van der Waals surface area contributed by atoms with Crippen molar-refractivity contribution in [1.29, 1.82) is 0 Å². The third-order valence-electron chi connectivity index (χ3n) is 5.25. The predicted octanol–water partition coefficient (Wildman–Crippen LogP) is 5.49. The number of benzene rings is 3. The lowest BCUT2D eigenvalue weighted by Crippen LogP contribution is -2.23. The average Bonchev–Trinajstić information content (AvgIpc) is 2.84. The molecule has 33 heavy (non-hydrogen) atoms. The number of hydrogen-bond donors (Lipinski definition) is 2. The number of aromatic nitrogens is 2. The summed E-state index contributed by atoms with van der Waals surface area (Å²) in [6.07, 6.45) is 0. The van der Waals surface area contributed by atoms with E-state index in [9.17, 15) is 4.79 Å². The summed E-state index contributed by atoms with van der Waals surface area (Å²) in [6.45, 7) is 4.17. The number of methoxy groups -OCH3 is 1. The zero-order valence-corrected chi connectivity index (χ0v) is 18.9. The van der Waals surface area contributed by atoms with Crippen molar-refractivity contribution in [2.75, 3.05) is 24.3 Å². The lowest BCUT2D eigenvalue weighted by atomic mass is 10.1. The lowest BCUT2D eigenvalue weighted by molar-refractivity contribution is -0.114. The zero-order valence-electron chi connectivity index (χ0n) is 18.9. The summed E-state index contributed by atoms with van der Waals surface area (Å²) in [5.41, 5.74) is 6.48. The Morgan fingerprint density at radius 3 is 2.15 bits per heavy atom. The predicted molar refractivity (Wildman–Crippen MR) is 132 cm³/mol. The summed E-state index contributed by atoms with van der Waals surface area (Å²) in [7, 11) is 1.63. The first kappa shape index (κ1) is 22.0. The fourth-order valence-corrected chi connectivity index (χ4v) is 3.53. The Kier molecular flexibility index (Phi) is 6.64. The third kappa shape index (κ3) is 5.54. The smallest absolute Gasteiger partial charge is 0.246 e. The molecule has 0 saturated heterocycles. The van der Waals surface area contributed by atoms with Gasteiger partial charge in [0.2, 0.25) is 11.9 Å². The molecule has 0 bridgehead atoms.